The number of hydrogen-bond acceptors (Lipinski definition) is 5. The first kappa shape index (κ1) is 13.4. The number of methoxy groups -OCH3 is 1. The summed E-state index contributed by atoms with van der Waals surface area (Å²) in [5.41, 5.74) is 3.45. The van der Waals surface area contributed by atoms with Crippen LogP contribution in [-0.2, 0) is 6.42 Å². The molecule has 19 heavy (non-hydrogen) atoms. The number of aryl methyl sites for hydroxylation is 1. The number of nitriles is 1. The number of thiazole rings is 1. The van der Waals surface area contributed by atoms with E-state index in [1.54, 1.807) is 36.6 Å². The number of rotatable bonds is 5. The van der Waals surface area contributed by atoms with Crippen molar-refractivity contribution >= 4 is 11.3 Å². The third-order valence-electron chi connectivity index (χ3n) is 2.72. The van der Waals surface area contributed by atoms with Gasteiger partial charge in [0.15, 0.2) is 11.5 Å². The van der Waals surface area contributed by atoms with E-state index >= 15 is 0 Å². The van der Waals surface area contributed by atoms with E-state index in [0.29, 0.717) is 23.7 Å². The van der Waals surface area contributed by atoms with Crippen molar-refractivity contribution in [1.29, 1.82) is 5.26 Å². The lowest BCUT2D eigenvalue weighted by molar-refractivity contribution is 0.298. The third-order valence-corrected chi connectivity index (χ3v) is 3.72. The molecule has 0 aliphatic carbocycles. The van der Waals surface area contributed by atoms with E-state index in [4.69, 9.17) is 14.7 Å². The van der Waals surface area contributed by atoms with E-state index in [1.165, 1.54) is 4.88 Å². The molecular weight excluding hydrogens is 260 g/mol. The second kappa shape index (κ2) is 6.21. The summed E-state index contributed by atoms with van der Waals surface area (Å²) < 4.78 is 10.9. The Morgan fingerprint density at radius 2 is 2.21 bits per heavy atom. The number of aromatic nitrogens is 1. The molecule has 2 aromatic rings. The van der Waals surface area contributed by atoms with Crippen LogP contribution in [0.1, 0.15) is 16.1 Å². The second-order valence-corrected chi connectivity index (χ2v) is 4.88. The van der Waals surface area contributed by atoms with Crippen molar-refractivity contribution < 1.29 is 9.47 Å². The van der Waals surface area contributed by atoms with Crippen LogP contribution < -0.4 is 9.47 Å². The first-order valence-electron chi connectivity index (χ1n) is 5.84. The van der Waals surface area contributed by atoms with Crippen molar-refractivity contribution in [3.05, 3.63) is 39.8 Å². The Balaban J connectivity index is 2.00. The Hall–Kier alpha value is -2.06. The van der Waals surface area contributed by atoms with E-state index in [2.05, 4.69) is 11.1 Å². The molecule has 0 saturated carbocycles. The van der Waals surface area contributed by atoms with Gasteiger partial charge in [-0.2, -0.15) is 5.26 Å². The Bertz CT molecular complexity index is 602. The van der Waals surface area contributed by atoms with Crippen LogP contribution in [0.2, 0.25) is 0 Å². The minimum absolute atomic E-state index is 0.558. The highest BCUT2D eigenvalue weighted by molar-refractivity contribution is 7.09. The zero-order valence-corrected chi connectivity index (χ0v) is 11.7. The van der Waals surface area contributed by atoms with E-state index < -0.39 is 0 Å². The zero-order valence-electron chi connectivity index (χ0n) is 10.8. The van der Waals surface area contributed by atoms with Gasteiger partial charge in [-0.3, -0.25) is 0 Å². The van der Waals surface area contributed by atoms with Gasteiger partial charge in [-0.05, 0) is 19.1 Å². The summed E-state index contributed by atoms with van der Waals surface area (Å²) in [4.78, 5) is 5.43. The number of ether oxygens (including phenoxy) is 2. The van der Waals surface area contributed by atoms with Crippen LogP contribution in [0.25, 0.3) is 0 Å². The van der Waals surface area contributed by atoms with Crippen LogP contribution in [0.3, 0.4) is 0 Å². The van der Waals surface area contributed by atoms with Gasteiger partial charge in [0.2, 0.25) is 0 Å². The molecule has 1 aromatic carbocycles. The Labute approximate surface area is 116 Å². The summed E-state index contributed by atoms with van der Waals surface area (Å²) >= 11 is 1.64. The fourth-order valence-corrected chi connectivity index (χ4v) is 2.44. The summed E-state index contributed by atoms with van der Waals surface area (Å²) in [6.45, 7) is 2.55. The van der Waals surface area contributed by atoms with Gasteiger partial charge in [-0.15, -0.1) is 11.3 Å². The van der Waals surface area contributed by atoms with Gasteiger partial charge in [0.05, 0.1) is 36.6 Å². The minimum atomic E-state index is 0.558. The van der Waals surface area contributed by atoms with Gasteiger partial charge >= 0.3 is 0 Å². The van der Waals surface area contributed by atoms with Crippen molar-refractivity contribution in [3.8, 4) is 17.6 Å². The average molecular weight is 274 g/mol. The smallest absolute Gasteiger partial charge is 0.162 e. The summed E-state index contributed by atoms with van der Waals surface area (Å²) in [6, 6.07) is 7.23. The third kappa shape index (κ3) is 3.24. The fraction of sp³-hybridized carbons (Fsp3) is 0.286. The molecule has 0 fully saturated rings. The van der Waals surface area contributed by atoms with E-state index in [1.807, 2.05) is 12.4 Å². The molecule has 5 heteroatoms. The lowest BCUT2D eigenvalue weighted by Gasteiger charge is -2.10. The molecule has 0 bridgehead atoms. The standard InChI is InChI=1S/C14H14N2O2S/c1-10-14(19-9-16-10)5-6-18-12-4-3-11(8-15)7-13(12)17-2/h3-4,7,9H,5-6H2,1-2H3. The highest BCUT2D eigenvalue weighted by atomic mass is 32.1. The van der Waals surface area contributed by atoms with E-state index in [0.717, 1.165) is 12.1 Å². The van der Waals surface area contributed by atoms with Crippen molar-refractivity contribution in [3.63, 3.8) is 0 Å². The number of hydrogen-bond donors (Lipinski definition) is 0. The quantitative estimate of drug-likeness (QED) is 0.841. The average Bonchev–Trinajstić information content (AvgIpc) is 2.84. The van der Waals surface area contributed by atoms with Crippen molar-refractivity contribution in [2.24, 2.45) is 0 Å². The normalized spacial score (nSPS) is 9.95. The number of benzene rings is 1. The van der Waals surface area contributed by atoms with Crippen molar-refractivity contribution in [1.82, 2.24) is 4.98 Å². The molecule has 2 rings (SSSR count). The minimum Gasteiger partial charge on any atom is -0.493 e. The maximum absolute atomic E-state index is 8.83. The SMILES string of the molecule is COc1cc(C#N)ccc1OCCc1scnc1C. The molecule has 0 amide bonds. The van der Waals surface area contributed by atoms with Crippen LogP contribution in [0.15, 0.2) is 23.7 Å². The Morgan fingerprint density at radius 3 is 2.84 bits per heavy atom. The van der Waals surface area contributed by atoms with Gasteiger partial charge in [0.25, 0.3) is 0 Å². The first-order chi connectivity index (χ1) is 9.24. The topological polar surface area (TPSA) is 55.1 Å². The predicted molar refractivity (Wildman–Crippen MR) is 73.8 cm³/mol. The largest absolute Gasteiger partial charge is 0.493 e. The van der Waals surface area contributed by atoms with Gasteiger partial charge in [0.1, 0.15) is 0 Å². The summed E-state index contributed by atoms with van der Waals surface area (Å²) in [5, 5.41) is 8.83. The molecule has 0 atom stereocenters. The highest BCUT2D eigenvalue weighted by Crippen LogP contribution is 2.28. The maximum atomic E-state index is 8.83. The Kier molecular flexibility index (Phi) is 4.37. The lowest BCUT2D eigenvalue weighted by Crippen LogP contribution is -2.02. The molecule has 0 radical (unpaired) electrons. The van der Waals surface area contributed by atoms with Crippen LogP contribution in [0.5, 0.6) is 11.5 Å². The monoisotopic (exact) mass is 274 g/mol. The molecule has 0 spiro atoms. The molecule has 0 aliphatic heterocycles. The predicted octanol–water partition coefficient (Wildman–Crippen LogP) is 2.95. The Morgan fingerprint density at radius 1 is 1.37 bits per heavy atom. The van der Waals surface area contributed by atoms with Crippen LogP contribution in [0, 0.1) is 18.3 Å². The summed E-state index contributed by atoms with van der Waals surface area (Å²) in [7, 11) is 1.57. The van der Waals surface area contributed by atoms with E-state index in [-0.39, 0.29) is 0 Å². The van der Waals surface area contributed by atoms with Crippen LogP contribution >= 0.6 is 11.3 Å². The first-order valence-corrected chi connectivity index (χ1v) is 6.72. The van der Waals surface area contributed by atoms with Crippen LogP contribution in [0.4, 0.5) is 0 Å². The zero-order chi connectivity index (χ0) is 13.7. The van der Waals surface area contributed by atoms with Gasteiger partial charge in [0, 0.05) is 17.4 Å². The van der Waals surface area contributed by atoms with Crippen molar-refractivity contribution in [2.75, 3.05) is 13.7 Å². The summed E-state index contributed by atoms with van der Waals surface area (Å²) in [6.07, 6.45) is 0.819. The molecule has 1 aromatic heterocycles. The highest BCUT2D eigenvalue weighted by Gasteiger charge is 2.07. The summed E-state index contributed by atoms with van der Waals surface area (Å²) in [5.74, 6) is 1.24. The molecule has 0 aliphatic rings. The van der Waals surface area contributed by atoms with Gasteiger partial charge in [-0.25, -0.2) is 4.98 Å². The van der Waals surface area contributed by atoms with E-state index in [9.17, 15) is 0 Å². The fourth-order valence-electron chi connectivity index (χ4n) is 1.68. The molecular formula is C14H14N2O2S. The lowest BCUT2D eigenvalue weighted by atomic mass is 10.2. The molecule has 1 heterocycles. The molecule has 98 valence electrons. The van der Waals surface area contributed by atoms with Crippen molar-refractivity contribution in [2.45, 2.75) is 13.3 Å². The molecule has 0 N–H and O–H groups in total. The molecule has 4 nitrogen and oxygen atoms in total. The molecule has 0 unspecified atom stereocenters. The van der Waals surface area contributed by atoms with Gasteiger partial charge < -0.3 is 9.47 Å². The molecule has 0 saturated heterocycles. The number of nitrogens with zero attached hydrogens (tertiary/aromatic N) is 2. The van der Waals surface area contributed by atoms with Gasteiger partial charge in [-0.1, -0.05) is 0 Å². The second-order valence-electron chi connectivity index (χ2n) is 3.94. The maximum Gasteiger partial charge on any atom is 0.162 e. The van der Waals surface area contributed by atoms with Crippen LogP contribution in [-0.4, -0.2) is 18.7 Å².